The predicted octanol–water partition coefficient (Wildman–Crippen LogP) is -0.0546. The highest BCUT2D eigenvalue weighted by molar-refractivity contribution is 4.85. The number of aliphatic hydroxyl groups is 1. The number of aryl methyl sites for hydroxylation is 1. The van der Waals surface area contributed by atoms with Crippen LogP contribution in [0.4, 0.5) is 0 Å². The Bertz CT molecular complexity index is 338. The Morgan fingerprint density at radius 2 is 2.38 bits per heavy atom. The van der Waals surface area contributed by atoms with Crippen molar-refractivity contribution in [2.24, 2.45) is 7.05 Å². The molecule has 6 nitrogen and oxygen atoms in total. The van der Waals surface area contributed by atoms with Gasteiger partial charge in [0.15, 0.2) is 5.82 Å². The molecule has 1 fully saturated rings. The van der Waals surface area contributed by atoms with Gasteiger partial charge in [-0.15, -0.1) is 10.2 Å². The lowest BCUT2D eigenvalue weighted by Gasteiger charge is -2.23. The van der Waals surface area contributed by atoms with Crippen LogP contribution in [-0.2, 0) is 13.6 Å². The largest absolute Gasteiger partial charge is 0.393 e. The number of likely N-dealkylation sites (tertiary alicyclic amines) is 1. The van der Waals surface area contributed by atoms with Gasteiger partial charge in [-0.2, -0.15) is 4.80 Å². The van der Waals surface area contributed by atoms with E-state index in [0.29, 0.717) is 6.04 Å². The summed E-state index contributed by atoms with van der Waals surface area (Å²) < 4.78 is 0. The quantitative estimate of drug-likeness (QED) is 0.778. The minimum absolute atomic E-state index is 0.236. The van der Waals surface area contributed by atoms with Crippen molar-refractivity contribution in [2.45, 2.75) is 44.9 Å². The molecular formula is C10H19N5O. The van der Waals surface area contributed by atoms with Crippen molar-refractivity contribution in [2.75, 3.05) is 6.54 Å². The fourth-order valence-electron chi connectivity index (χ4n) is 2.33. The number of rotatable bonds is 4. The van der Waals surface area contributed by atoms with E-state index < -0.39 is 0 Å². The molecule has 1 aromatic rings. The van der Waals surface area contributed by atoms with E-state index >= 15 is 0 Å². The van der Waals surface area contributed by atoms with Gasteiger partial charge in [-0.25, -0.2) is 0 Å². The highest BCUT2D eigenvalue weighted by Crippen LogP contribution is 2.22. The Kier molecular flexibility index (Phi) is 3.50. The van der Waals surface area contributed by atoms with Crippen molar-refractivity contribution in [1.82, 2.24) is 25.1 Å². The molecular weight excluding hydrogens is 206 g/mol. The van der Waals surface area contributed by atoms with Gasteiger partial charge in [0.2, 0.25) is 0 Å². The molecule has 2 rings (SSSR count). The average Bonchev–Trinajstić information content (AvgIpc) is 2.77. The third-order valence-corrected chi connectivity index (χ3v) is 3.01. The number of aromatic nitrogens is 4. The smallest absolute Gasteiger partial charge is 0.188 e. The highest BCUT2D eigenvalue weighted by atomic mass is 16.3. The van der Waals surface area contributed by atoms with Crippen molar-refractivity contribution < 1.29 is 5.11 Å². The molecule has 1 aromatic heterocycles. The van der Waals surface area contributed by atoms with Crippen molar-refractivity contribution in [1.29, 1.82) is 0 Å². The second kappa shape index (κ2) is 4.88. The van der Waals surface area contributed by atoms with E-state index in [9.17, 15) is 5.11 Å². The third-order valence-electron chi connectivity index (χ3n) is 3.01. The summed E-state index contributed by atoms with van der Waals surface area (Å²) in [6.45, 7) is 3.65. The number of nitrogens with zero attached hydrogens (tertiary/aromatic N) is 5. The summed E-state index contributed by atoms with van der Waals surface area (Å²) in [4.78, 5) is 3.82. The van der Waals surface area contributed by atoms with Gasteiger partial charge in [0, 0.05) is 6.04 Å². The molecule has 1 aliphatic heterocycles. The SMILES string of the molecule is CC(O)CC1CCCN1Cc1nnn(C)n1. The predicted molar refractivity (Wildman–Crippen MR) is 58.5 cm³/mol. The lowest BCUT2D eigenvalue weighted by Crippen LogP contribution is -2.31. The molecule has 16 heavy (non-hydrogen) atoms. The van der Waals surface area contributed by atoms with Crippen LogP contribution in [0.5, 0.6) is 0 Å². The van der Waals surface area contributed by atoms with Crippen LogP contribution in [0.25, 0.3) is 0 Å². The van der Waals surface area contributed by atoms with Gasteiger partial charge >= 0.3 is 0 Å². The minimum atomic E-state index is -0.236. The van der Waals surface area contributed by atoms with Crippen molar-refractivity contribution in [3.63, 3.8) is 0 Å². The Balaban J connectivity index is 1.93. The van der Waals surface area contributed by atoms with Gasteiger partial charge in [-0.3, -0.25) is 4.90 Å². The van der Waals surface area contributed by atoms with Crippen LogP contribution in [0.15, 0.2) is 0 Å². The average molecular weight is 225 g/mol. The molecule has 6 heteroatoms. The number of tetrazole rings is 1. The summed E-state index contributed by atoms with van der Waals surface area (Å²) in [5, 5.41) is 21.4. The highest BCUT2D eigenvalue weighted by Gasteiger charge is 2.26. The van der Waals surface area contributed by atoms with E-state index in [2.05, 4.69) is 20.3 Å². The summed E-state index contributed by atoms with van der Waals surface area (Å²) in [6, 6.07) is 0.462. The van der Waals surface area contributed by atoms with Crippen LogP contribution in [0.3, 0.4) is 0 Å². The van der Waals surface area contributed by atoms with Gasteiger partial charge < -0.3 is 5.11 Å². The molecule has 0 aromatic carbocycles. The summed E-state index contributed by atoms with van der Waals surface area (Å²) in [5.74, 6) is 0.764. The maximum Gasteiger partial charge on any atom is 0.188 e. The number of hydrogen-bond donors (Lipinski definition) is 1. The van der Waals surface area contributed by atoms with E-state index in [1.54, 1.807) is 7.05 Å². The zero-order valence-corrected chi connectivity index (χ0v) is 9.87. The first-order chi connectivity index (χ1) is 7.65. The molecule has 0 aliphatic carbocycles. The molecule has 1 N–H and O–H groups in total. The minimum Gasteiger partial charge on any atom is -0.393 e. The molecule has 1 aliphatic rings. The first-order valence-electron chi connectivity index (χ1n) is 5.80. The lowest BCUT2D eigenvalue weighted by molar-refractivity contribution is 0.129. The maximum atomic E-state index is 9.43. The normalized spacial score (nSPS) is 23.8. The number of hydrogen-bond acceptors (Lipinski definition) is 5. The standard InChI is InChI=1S/C10H19N5O/c1-8(16)6-9-4-3-5-15(9)7-10-11-13-14(2)12-10/h8-9,16H,3-7H2,1-2H3. The lowest BCUT2D eigenvalue weighted by atomic mass is 10.1. The Morgan fingerprint density at radius 3 is 3.00 bits per heavy atom. The Labute approximate surface area is 95.2 Å². The summed E-state index contributed by atoms with van der Waals surface area (Å²) in [7, 11) is 1.77. The van der Waals surface area contributed by atoms with Crippen LogP contribution < -0.4 is 0 Å². The first kappa shape index (κ1) is 11.5. The van der Waals surface area contributed by atoms with Crippen LogP contribution >= 0.6 is 0 Å². The van der Waals surface area contributed by atoms with E-state index in [1.807, 2.05) is 6.92 Å². The fourth-order valence-corrected chi connectivity index (χ4v) is 2.33. The summed E-state index contributed by atoms with van der Waals surface area (Å²) >= 11 is 0. The molecule has 2 atom stereocenters. The molecule has 90 valence electrons. The third kappa shape index (κ3) is 2.76. The molecule has 0 bridgehead atoms. The summed E-state index contributed by atoms with van der Waals surface area (Å²) in [5.41, 5.74) is 0. The van der Waals surface area contributed by atoms with Crippen molar-refractivity contribution >= 4 is 0 Å². The van der Waals surface area contributed by atoms with Crippen LogP contribution in [0.2, 0.25) is 0 Å². The zero-order chi connectivity index (χ0) is 11.5. The van der Waals surface area contributed by atoms with Gasteiger partial charge in [0.1, 0.15) is 0 Å². The molecule has 2 unspecified atom stereocenters. The van der Waals surface area contributed by atoms with Gasteiger partial charge in [0.05, 0.1) is 19.7 Å². The first-order valence-corrected chi connectivity index (χ1v) is 5.80. The van der Waals surface area contributed by atoms with Crippen LogP contribution in [0.1, 0.15) is 32.0 Å². The molecule has 0 amide bonds. The molecule has 1 saturated heterocycles. The van der Waals surface area contributed by atoms with Crippen LogP contribution in [0, 0.1) is 0 Å². The molecule has 0 radical (unpaired) electrons. The zero-order valence-electron chi connectivity index (χ0n) is 9.87. The number of aliphatic hydroxyl groups excluding tert-OH is 1. The van der Waals surface area contributed by atoms with E-state index in [4.69, 9.17) is 0 Å². The van der Waals surface area contributed by atoms with E-state index in [-0.39, 0.29) is 6.10 Å². The second-order valence-electron chi connectivity index (χ2n) is 4.55. The second-order valence-corrected chi connectivity index (χ2v) is 4.55. The fraction of sp³-hybridized carbons (Fsp3) is 0.900. The van der Waals surface area contributed by atoms with E-state index in [1.165, 1.54) is 11.2 Å². The Hall–Kier alpha value is -1.01. The van der Waals surface area contributed by atoms with E-state index in [0.717, 1.165) is 31.8 Å². The van der Waals surface area contributed by atoms with Gasteiger partial charge in [0.25, 0.3) is 0 Å². The summed E-state index contributed by atoms with van der Waals surface area (Å²) in [6.07, 6.45) is 2.95. The maximum absolute atomic E-state index is 9.43. The molecule has 0 spiro atoms. The van der Waals surface area contributed by atoms with Gasteiger partial charge in [-0.1, -0.05) is 0 Å². The van der Waals surface area contributed by atoms with Crippen molar-refractivity contribution in [3.05, 3.63) is 5.82 Å². The van der Waals surface area contributed by atoms with Gasteiger partial charge in [-0.05, 0) is 37.9 Å². The monoisotopic (exact) mass is 225 g/mol. The van der Waals surface area contributed by atoms with Crippen molar-refractivity contribution in [3.8, 4) is 0 Å². The molecule has 2 heterocycles. The Morgan fingerprint density at radius 1 is 1.56 bits per heavy atom. The topological polar surface area (TPSA) is 67.1 Å². The van der Waals surface area contributed by atoms with Crippen LogP contribution in [-0.4, -0.2) is 48.9 Å². The molecule has 0 saturated carbocycles.